The summed E-state index contributed by atoms with van der Waals surface area (Å²) < 4.78 is 13.8. The third-order valence-corrected chi connectivity index (χ3v) is 2.63. The molecule has 6 heteroatoms. The lowest BCUT2D eigenvalue weighted by molar-refractivity contribution is 0.102. The van der Waals surface area contributed by atoms with Crippen LogP contribution in [-0.2, 0) is 0 Å². The molecule has 1 aromatic heterocycles. The lowest BCUT2D eigenvalue weighted by atomic mass is 10.2. The average molecular weight is 311 g/mol. The molecule has 0 radical (unpaired) electrons. The smallest absolute Gasteiger partial charge is 0.274 e. The number of aromatic hydroxyl groups is 1. The van der Waals surface area contributed by atoms with Crippen molar-refractivity contribution < 1.29 is 14.3 Å². The summed E-state index contributed by atoms with van der Waals surface area (Å²) in [6.07, 6.45) is 1.49. The van der Waals surface area contributed by atoms with Crippen LogP contribution in [0.15, 0.2) is 41.0 Å². The summed E-state index contributed by atoms with van der Waals surface area (Å²) in [4.78, 5) is 15.7. The molecule has 1 amide bonds. The van der Waals surface area contributed by atoms with Gasteiger partial charge in [0, 0.05) is 22.4 Å². The number of phenolic OH excluding ortho intramolecular Hbond substituents is 1. The number of halogens is 2. The molecule has 1 aromatic carbocycles. The van der Waals surface area contributed by atoms with Gasteiger partial charge in [0.2, 0.25) is 0 Å². The first kappa shape index (κ1) is 12.5. The molecule has 0 unspecified atom stereocenters. The highest BCUT2D eigenvalue weighted by molar-refractivity contribution is 9.10. The van der Waals surface area contributed by atoms with Gasteiger partial charge in [-0.2, -0.15) is 0 Å². The van der Waals surface area contributed by atoms with Gasteiger partial charge >= 0.3 is 0 Å². The second-order valence-electron chi connectivity index (χ2n) is 3.48. The van der Waals surface area contributed by atoms with Gasteiger partial charge in [0.15, 0.2) is 11.6 Å². The van der Waals surface area contributed by atoms with Crippen LogP contribution in [0.5, 0.6) is 5.75 Å². The van der Waals surface area contributed by atoms with E-state index in [1.54, 1.807) is 6.07 Å². The molecular formula is C12H8BrFN2O2. The van der Waals surface area contributed by atoms with Crippen molar-refractivity contribution >= 4 is 27.5 Å². The highest BCUT2D eigenvalue weighted by Gasteiger charge is 2.09. The Bertz CT molecular complexity index is 587. The molecule has 0 bridgehead atoms. The van der Waals surface area contributed by atoms with Gasteiger partial charge < -0.3 is 10.4 Å². The Morgan fingerprint density at radius 1 is 1.33 bits per heavy atom. The zero-order valence-corrected chi connectivity index (χ0v) is 10.6. The van der Waals surface area contributed by atoms with E-state index in [0.717, 1.165) is 10.5 Å². The standard InChI is InChI=1S/C12H8BrFN2O2/c13-7-1-3-10(15-6-7)12(18)16-8-2-4-11(17)9(14)5-8/h1-6,17H,(H,16,18). The number of hydrogen-bond donors (Lipinski definition) is 2. The number of nitrogens with one attached hydrogen (secondary N) is 1. The minimum atomic E-state index is -0.795. The Balaban J connectivity index is 2.16. The van der Waals surface area contributed by atoms with E-state index in [2.05, 4.69) is 26.2 Å². The van der Waals surface area contributed by atoms with Crippen LogP contribution >= 0.6 is 15.9 Å². The number of benzene rings is 1. The molecule has 0 saturated carbocycles. The number of aromatic nitrogens is 1. The molecule has 0 fully saturated rings. The van der Waals surface area contributed by atoms with Crippen LogP contribution in [0.25, 0.3) is 0 Å². The van der Waals surface area contributed by atoms with Gasteiger partial charge in [-0.1, -0.05) is 0 Å². The third-order valence-electron chi connectivity index (χ3n) is 2.17. The number of pyridine rings is 1. The molecule has 18 heavy (non-hydrogen) atoms. The van der Waals surface area contributed by atoms with Gasteiger partial charge in [-0.05, 0) is 40.2 Å². The fourth-order valence-electron chi connectivity index (χ4n) is 1.29. The molecule has 2 rings (SSSR count). The van der Waals surface area contributed by atoms with Gasteiger partial charge in [0.1, 0.15) is 5.69 Å². The Morgan fingerprint density at radius 3 is 2.72 bits per heavy atom. The largest absolute Gasteiger partial charge is 0.505 e. The first-order valence-electron chi connectivity index (χ1n) is 4.97. The second-order valence-corrected chi connectivity index (χ2v) is 4.40. The van der Waals surface area contributed by atoms with Crippen LogP contribution in [0, 0.1) is 5.82 Å². The molecule has 0 saturated heterocycles. The highest BCUT2D eigenvalue weighted by Crippen LogP contribution is 2.19. The van der Waals surface area contributed by atoms with Crippen LogP contribution in [-0.4, -0.2) is 16.0 Å². The van der Waals surface area contributed by atoms with E-state index in [-0.39, 0.29) is 11.4 Å². The lowest BCUT2D eigenvalue weighted by Crippen LogP contribution is -2.13. The van der Waals surface area contributed by atoms with Crippen LogP contribution in [0.4, 0.5) is 10.1 Å². The predicted octanol–water partition coefficient (Wildman–Crippen LogP) is 2.94. The summed E-state index contributed by atoms with van der Waals surface area (Å²) in [6, 6.07) is 6.82. The van der Waals surface area contributed by atoms with E-state index in [1.165, 1.54) is 24.4 Å². The fourth-order valence-corrected chi connectivity index (χ4v) is 1.52. The van der Waals surface area contributed by atoms with Crippen LogP contribution in [0.3, 0.4) is 0 Å². The molecule has 0 aliphatic heterocycles. The van der Waals surface area contributed by atoms with Gasteiger partial charge in [0.05, 0.1) is 0 Å². The maximum absolute atomic E-state index is 13.1. The topological polar surface area (TPSA) is 62.2 Å². The summed E-state index contributed by atoms with van der Waals surface area (Å²) in [7, 11) is 0. The molecule has 0 atom stereocenters. The van der Waals surface area contributed by atoms with Crippen molar-refractivity contribution in [3.05, 3.63) is 52.5 Å². The summed E-state index contributed by atoms with van der Waals surface area (Å²) in [6.45, 7) is 0. The summed E-state index contributed by atoms with van der Waals surface area (Å²) in [5, 5.41) is 11.5. The van der Waals surface area contributed by atoms with Crippen molar-refractivity contribution in [3.8, 4) is 5.75 Å². The molecule has 2 N–H and O–H groups in total. The van der Waals surface area contributed by atoms with Gasteiger partial charge in [-0.3, -0.25) is 4.79 Å². The van der Waals surface area contributed by atoms with Crippen molar-refractivity contribution in [1.82, 2.24) is 4.98 Å². The van der Waals surface area contributed by atoms with E-state index in [1.807, 2.05) is 0 Å². The normalized spacial score (nSPS) is 10.1. The Kier molecular flexibility index (Phi) is 3.57. The second kappa shape index (κ2) is 5.14. The minimum Gasteiger partial charge on any atom is -0.505 e. The van der Waals surface area contributed by atoms with Crippen molar-refractivity contribution in [2.75, 3.05) is 5.32 Å². The summed E-state index contributed by atoms with van der Waals surface area (Å²) in [5.41, 5.74) is 0.465. The molecule has 92 valence electrons. The number of amides is 1. The van der Waals surface area contributed by atoms with Gasteiger partial charge in [-0.25, -0.2) is 9.37 Å². The predicted molar refractivity (Wildman–Crippen MR) is 68.0 cm³/mol. The van der Waals surface area contributed by atoms with Crippen LogP contribution in [0.1, 0.15) is 10.5 Å². The number of hydrogen-bond acceptors (Lipinski definition) is 3. The van der Waals surface area contributed by atoms with Crippen LogP contribution < -0.4 is 5.32 Å². The molecule has 4 nitrogen and oxygen atoms in total. The molecule has 0 spiro atoms. The lowest BCUT2D eigenvalue weighted by Gasteiger charge is -2.05. The average Bonchev–Trinajstić information content (AvgIpc) is 2.34. The van der Waals surface area contributed by atoms with E-state index in [0.29, 0.717) is 0 Å². The van der Waals surface area contributed by atoms with Crippen molar-refractivity contribution in [3.63, 3.8) is 0 Å². The maximum atomic E-state index is 13.1. The highest BCUT2D eigenvalue weighted by atomic mass is 79.9. The zero-order chi connectivity index (χ0) is 13.1. The van der Waals surface area contributed by atoms with Gasteiger partial charge in [-0.15, -0.1) is 0 Å². The van der Waals surface area contributed by atoms with E-state index in [4.69, 9.17) is 5.11 Å². The monoisotopic (exact) mass is 310 g/mol. The number of carbonyl (C=O) groups excluding carboxylic acids is 1. The Hall–Kier alpha value is -1.95. The SMILES string of the molecule is O=C(Nc1ccc(O)c(F)c1)c1ccc(Br)cn1. The Morgan fingerprint density at radius 2 is 2.11 bits per heavy atom. The quantitative estimate of drug-likeness (QED) is 0.838. The summed E-state index contributed by atoms with van der Waals surface area (Å²) in [5.74, 6) is -1.71. The number of anilines is 1. The number of carbonyl (C=O) groups is 1. The number of nitrogens with zero attached hydrogens (tertiary/aromatic N) is 1. The van der Waals surface area contributed by atoms with Crippen molar-refractivity contribution in [2.24, 2.45) is 0 Å². The summed E-state index contributed by atoms with van der Waals surface area (Å²) >= 11 is 3.21. The minimum absolute atomic E-state index is 0.215. The van der Waals surface area contributed by atoms with Crippen molar-refractivity contribution in [2.45, 2.75) is 0 Å². The molecule has 2 aromatic rings. The van der Waals surface area contributed by atoms with Crippen LogP contribution in [0.2, 0.25) is 0 Å². The third kappa shape index (κ3) is 2.84. The Labute approximate surface area is 111 Å². The fraction of sp³-hybridized carbons (Fsp3) is 0. The molecule has 1 heterocycles. The number of phenols is 1. The molecule has 0 aliphatic rings. The van der Waals surface area contributed by atoms with Crippen molar-refractivity contribution in [1.29, 1.82) is 0 Å². The molecule has 0 aliphatic carbocycles. The maximum Gasteiger partial charge on any atom is 0.274 e. The zero-order valence-electron chi connectivity index (χ0n) is 9.02. The number of rotatable bonds is 2. The first-order chi connectivity index (χ1) is 8.56. The van der Waals surface area contributed by atoms with E-state index in [9.17, 15) is 9.18 Å². The van der Waals surface area contributed by atoms with E-state index < -0.39 is 17.5 Å². The first-order valence-corrected chi connectivity index (χ1v) is 5.77. The van der Waals surface area contributed by atoms with E-state index >= 15 is 0 Å². The van der Waals surface area contributed by atoms with Gasteiger partial charge in [0.25, 0.3) is 5.91 Å². The molecular weight excluding hydrogens is 303 g/mol.